The van der Waals surface area contributed by atoms with Crippen LogP contribution in [0.3, 0.4) is 0 Å². The predicted octanol–water partition coefficient (Wildman–Crippen LogP) is 0.608. The van der Waals surface area contributed by atoms with E-state index in [1.54, 1.807) is 0 Å². The molecule has 14 heavy (non-hydrogen) atoms. The van der Waals surface area contributed by atoms with Crippen molar-refractivity contribution in [2.24, 2.45) is 7.05 Å². The average molecular weight is 194 g/mol. The number of aromatic nitrogens is 2. The molecule has 0 radical (unpaired) electrons. The maximum Gasteiger partial charge on any atom is 0.204 e. The van der Waals surface area contributed by atoms with Crippen molar-refractivity contribution < 1.29 is 0 Å². The summed E-state index contributed by atoms with van der Waals surface area (Å²) in [5, 5.41) is 3.49. The van der Waals surface area contributed by atoms with Crippen LogP contribution in [0.2, 0.25) is 0 Å². The molecule has 1 fully saturated rings. The van der Waals surface area contributed by atoms with Crippen LogP contribution >= 0.6 is 0 Å². The molecule has 0 bridgehead atoms. The second kappa shape index (κ2) is 4.00. The smallest absolute Gasteiger partial charge is 0.204 e. The molecule has 1 heterocycles. The van der Waals surface area contributed by atoms with Crippen LogP contribution in [0.4, 0.5) is 5.95 Å². The van der Waals surface area contributed by atoms with Crippen molar-refractivity contribution in [3.05, 3.63) is 12.4 Å². The summed E-state index contributed by atoms with van der Waals surface area (Å²) in [6, 6.07) is 0.796. The summed E-state index contributed by atoms with van der Waals surface area (Å²) in [7, 11) is 4.10. The summed E-state index contributed by atoms with van der Waals surface area (Å²) in [5.41, 5.74) is 0. The summed E-state index contributed by atoms with van der Waals surface area (Å²) < 4.78 is 2.04. The standard InChI is InChI=1S/C10H18N4/c1-13(7-5-11-9-3-4-9)10-12-6-8-14(10)2/h6,8-9,11H,3-5,7H2,1-2H3. The lowest BCUT2D eigenvalue weighted by Gasteiger charge is -2.18. The maximum absolute atomic E-state index is 4.29. The quantitative estimate of drug-likeness (QED) is 0.745. The Morgan fingerprint density at radius 3 is 3.00 bits per heavy atom. The zero-order valence-electron chi connectivity index (χ0n) is 8.90. The van der Waals surface area contributed by atoms with E-state index in [2.05, 4.69) is 22.2 Å². The summed E-state index contributed by atoms with van der Waals surface area (Å²) in [5.74, 6) is 1.03. The topological polar surface area (TPSA) is 33.1 Å². The van der Waals surface area contributed by atoms with E-state index in [9.17, 15) is 0 Å². The molecule has 0 saturated heterocycles. The van der Waals surface area contributed by atoms with Gasteiger partial charge in [0.1, 0.15) is 0 Å². The van der Waals surface area contributed by atoms with E-state index in [4.69, 9.17) is 0 Å². The van der Waals surface area contributed by atoms with Gasteiger partial charge in [-0.1, -0.05) is 0 Å². The van der Waals surface area contributed by atoms with Gasteiger partial charge in [0.25, 0.3) is 0 Å². The number of nitrogens with zero attached hydrogens (tertiary/aromatic N) is 3. The molecule has 1 aromatic heterocycles. The van der Waals surface area contributed by atoms with Gasteiger partial charge in [0.2, 0.25) is 5.95 Å². The van der Waals surface area contributed by atoms with Crippen molar-refractivity contribution in [1.29, 1.82) is 0 Å². The maximum atomic E-state index is 4.29. The Bertz CT molecular complexity index is 290. The predicted molar refractivity (Wildman–Crippen MR) is 57.5 cm³/mol. The Labute approximate surface area is 84.9 Å². The Hall–Kier alpha value is -1.03. The van der Waals surface area contributed by atoms with E-state index < -0.39 is 0 Å². The fourth-order valence-electron chi connectivity index (χ4n) is 1.55. The highest BCUT2D eigenvalue weighted by atomic mass is 15.3. The van der Waals surface area contributed by atoms with Crippen LogP contribution in [-0.2, 0) is 7.05 Å². The monoisotopic (exact) mass is 194 g/mol. The van der Waals surface area contributed by atoms with Crippen LogP contribution in [0, 0.1) is 0 Å². The van der Waals surface area contributed by atoms with Gasteiger partial charge >= 0.3 is 0 Å². The molecule has 1 aromatic rings. The molecular formula is C10H18N4. The van der Waals surface area contributed by atoms with E-state index in [1.807, 2.05) is 24.0 Å². The van der Waals surface area contributed by atoms with Gasteiger partial charge in [0.15, 0.2) is 0 Å². The minimum atomic E-state index is 0.796. The highest BCUT2D eigenvalue weighted by Crippen LogP contribution is 2.18. The third-order valence-corrected chi connectivity index (χ3v) is 2.59. The Kier molecular flexibility index (Phi) is 2.72. The normalized spacial score (nSPS) is 15.9. The Morgan fingerprint density at radius 1 is 1.64 bits per heavy atom. The van der Waals surface area contributed by atoms with Gasteiger partial charge < -0.3 is 14.8 Å². The van der Waals surface area contributed by atoms with Crippen LogP contribution < -0.4 is 10.2 Å². The van der Waals surface area contributed by atoms with Crippen LogP contribution in [0.25, 0.3) is 0 Å². The van der Waals surface area contributed by atoms with E-state index in [1.165, 1.54) is 12.8 Å². The zero-order valence-corrected chi connectivity index (χ0v) is 8.90. The van der Waals surface area contributed by atoms with Gasteiger partial charge in [-0.3, -0.25) is 0 Å². The van der Waals surface area contributed by atoms with E-state index in [0.29, 0.717) is 0 Å². The lowest BCUT2D eigenvalue weighted by atomic mass is 10.5. The minimum absolute atomic E-state index is 0.796. The highest BCUT2D eigenvalue weighted by Gasteiger charge is 2.19. The SMILES string of the molecule is CN(CCNC1CC1)c1nccn1C. The van der Waals surface area contributed by atoms with E-state index >= 15 is 0 Å². The molecule has 0 aromatic carbocycles. The van der Waals surface area contributed by atoms with Gasteiger partial charge in [0.05, 0.1) is 0 Å². The molecule has 0 aliphatic heterocycles. The second-order valence-electron chi connectivity index (χ2n) is 3.99. The Morgan fingerprint density at radius 2 is 2.43 bits per heavy atom. The lowest BCUT2D eigenvalue weighted by Crippen LogP contribution is -2.31. The molecule has 2 rings (SSSR count). The number of anilines is 1. The van der Waals surface area contributed by atoms with Crippen molar-refractivity contribution in [3.8, 4) is 0 Å². The van der Waals surface area contributed by atoms with Gasteiger partial charge in [-0.05, 0) is 12.8 Å². The van der Waals surface area contributed by atoms with Crippen LogP contribution in [0.1, 0.15) is 12.8 Å². The first-order valence-corrected chi connectivity index (χ1v) is 5.19. The van der Waals surface area contributed by atoms with E-state index in [-0.39, 0.29) is 0 Å². The number of nitrogens with one attached hydrogen (secondary N) is 1. The van der Waals surface area contributed by atoms with E-state index in [0.717, 1.165) is 25.1 Å². The molecule has 4 nitrogen and oxygen atoms in total. The number of hydrogen-bond acceptors (Lipinski definition) is 3. The second-order valence-corrected chi connectivity index (χ2v) is 3.99. The number of rotatable bonds is 5. The van der Waals surface area contributed by atoms with Crippen LogP contribution in [-0.4, -0.2) is 35.7 Å². The molecule has 78 valence electrons. The van der Waals surface area contributed by atoms with Crippen molar-refractivity contribution in [1.82, 2.24) is 14.9 Å². The van der Waals surface area contributed by atoms with Crippen molar-refractivity contribution >= 4 is 5.95 Å². The van der Waals surface area contributed by atoms with Crippen molar-refractivity contribution in [2.75, 3.05) is 25.0 Å². The molecule has 0 spiro atoms. The summed E-state index contributed by atoms with van der Waals surface area (Å²) >= 11 is 0. The van der Waals surface area contributed by atoms with Crippen LogP contribution in [0.5, 0.6) is 0 Å². The van der Waals surface area contributed by atoms with Crippen LogP contribution in [0.15, 0.2) is 12.4 Å². The number of imidazole rings is 1. The molecule has 1 aliphatic rings. The third-order valence-electron chi connectivity index (χ3n) is 2.59. The molecular weight excluding hydrogens is 176 g/mol. The third kappa shape index (κ3) is 2.26. The molecule has 1 saturated carbocycles. The van der Waals surface area contributed by atoms with Crippen molar-refractivity contribution in [3.63, 3.8) is 0 Å². The van der Waals surface area contributed by atoms with Gasteiger partial charge in [0, 0.05) is 45.6 Å². The lowest BCUT2D eigenvalue weighted by molar-refractivity contribution is 0.664. The number of likely N-dealkylation sites (N-methyl/N-ethyl adjacent to an activating group) is 1. The fraction of sp³-hybridized carbons (Fsp3) is 0.700. The Balaban J connectivity index is 1.76. The minimum Gasteiger partial charge on any atom is -0.344 e. The zero-order chi connectivity index (χ0) is 9.97. The number of hydrogen-bond donors (Lipinski definition) is 1. The summed E-state index contributed by atoms with van der Waals surface area (Å²) in [6.07, 6.45) is 6.51. The average Bonchev–Trinajstić information content (AvgIpc) is 2.87. The largest absolute Gasteiger partial charge is 0.344 e. The molecule has 0 unspecified atom stereocenters. The molecule has 1 aliphatic carbocycles. The highest BCUT2D eigenvalue weighted by molar-refractivity contribution is 5.29. The first kappa shape index (κ1) is 9.52. The van der Waals surface area contributed by atoms with Gasteiger partial charge in [-0.15, -0.1) is 0 Å². The summed E-state index contributed by atoms with van der Waals surface area (Å²) in [6.45, 7) is 2.06. The molecule has 4 heteroatoms. The first-order valence-electron chi connectivity index (χ1n) is 5.19. The van der Waals surface area contributed by atoms with Gasteiger partial charge in [-0.25, -0.2) is 4.98 Å². The summed E-state index contributed by atoms with van der Waals surface area (Å²) in [4.78, 5) is 6.47. The number of aryl methyl sites for hydroxylation is 1. The molecule has 1 N–H and O–H groups in total. The van der Waals surface area contributed by atoms with Crippen molar-refractivity contribution in [2.45, 2.75) is 18.9 Å². The molecule has 0 amide bonds. The van der Waals surface area contributed by atoms with Gasteiger partial charge in [-0.2, -0.15) is 0 Å². The fourth-order valence-corrected chi connectivity index (χ4v) is 1.55. The first-order chi connectivity index (χ1) is 6.77. The molecule has 0 atom stereocenters.